The molecule has 0 saturated carbocycles. The average Bonchev–Trinajstić information content (AvgIpc) is 2.41. The topological polar surface area (TPSA) is 38.5 Å². The minimum absolute atomic E-state index is 0.184. The molecule has 3 nitrogen and oxygen atoms in total. The summed E-state index contributed by atoms with van der Waals surface area (Å²) in [6, 6.07) is 7.05. The lowest BCUT2D eigenvalue weighted by Gasteiger charge is -2.35. The van der Waals surface area contributed by atoms with Gasteiger partial charge in [0.15, 0.2) is 0 Å². The third-order valence-corrected chi connectivity index (χ3v) is 3.87. The molecule has 1 aromatic carbocycles. The lowest BCUT2D eigenvalue weighted by atomic mass is 9.92. The largest absolute Gasteiger partial charge is 0.381 e. The summed E-state index contributed by atoms with van der Waals surface area (Å²) in [6.07, 6.45) is 2.27. The van der Waals surface area contributed by atoms with Crippen LogP contribution in [0, 0.1) is 11.7 Å². The number of ether oxygens (including phenoxy) is 1. The molecular weight excluding hydrogens is 243 g/mol. The molecule has 1 aliphatic heterocycles. The van der Waals surface area contributed by atoms with Crippen molar-refractivity contribution in [1.82, 2.24) is 4.90 Å². The van der Waals surface area contributed by atoms with Crippen LogP contribution >= 0.6 is 0 Å². The minimum atomic E-state index is -0.184. The molecule has 2 N–H and O–H groups in total. The smallest absolute Gasteiger partial charge is 0.123 e. The number of likely N-dealkylation sites (N-methyl/N-ethyl adjacent to an activating group) is 1. The number of hydrogen-bond acceptors (Lipinski definition) is 3. The molecule has 1 aromatic rings. The summed E-state index contributed by atoms with van der Waals surface area (Å²) in [5, 5.41) is 0. The molecule has 0 spiro atoms. The Bertz CT molecular complexity index is 393. The van der Waals surface area contributed by atoms with Gasteiger partial charge in [-0.2, -0.15) is 0 Å². The van der Waals surface area contributed by atoms with E-state index in [1.54, 1.807) is 12.1 Å². The summed E-state index contributed by atoms with van der Waals surface area (Å²) in [6.45, 7) is 2.98. The van der Waals surface area contributed by atoms with Crippen LogP contribution in [-0.4, -0.2) is 37.7 Å². The standard InChI is InChI=1S/C15H23FN2O/c1-18(10-12-4-2-6-14(16)8-12)15(9-17)13-5-3-7-19-11-13/h2,4,6,8,13,15H,3,5,7,9-11,17H2,1H3. The number of nitrogens with two attached hydrogens (primary N) is 1. The van der Waals surface area contributed by atoms with Crippen LogP contribution in [0.4, 0.5) is 4.39 Å². The predicted octanol–water partition coefficient (Wildman–Crippen LogP) is 2.01. The fourth-order valence-corrected chi connectivity index (χ4v) is 2.84. The number of halogens is 1. The van der Waals surface area contributed by atoms with Crippen molar-refractivity contribution in [2.75, 3.05) is 26.8 Å². The molecule has 2 unspecified atom stereocenters. The molecule has 4 heteroatoms. The van der Waals surface area contributed by atoms with Gasteiger partial charge in [0.2, 0.25) is 0 Å². The summed E-state index contributed by atoms with van der Waals surface area (Å²) >= 11 is 0. The van der Waals surface area contributed by atoms with Gasteiger partial charge in [-0.15, -0.1) is 0 Å². The molecule has 0 radical (unpaired) electrons. The maximum atomic E-state index is 13.2. The van der Waals surface area contributed by atoms with Crippen molar-refractivity contribution >= 4 is 0 Å². The van der Waals surface area contributed by atoms with Gasteiger partial charge in [-0.05, 0) is 43.5 Å². The van der Waals surface area contributed by atoms with Gasteiger partial charge in [-0.3, -0.25) is 4.90 Å². The van der Waals surface area contributed by atoms with Crippen LogP contribution in [0.3, 0.4) is 0 Å². The second-order valence-electron chi connectivity index (χ2n) is 5.33. The molecule has 2 rings (SSSR count). The monoisotopic (exact) mass is 266 g/mol. The molecule has 0 aliphatic carbocycles. The van der Waals surface area contributed by atoms with Crippen molar-refractivity contribution in [1.29, 1.82) is 0 Å². The SMILES string of the molecule is CN(Cc1cccc(F)c1)C(CN)C1CCCOC1. The first kappa shape index (κ1) is 14.4. The van der Waals surface area contributed by atoms with Crippen LogP contribution in [0.25, 0.3) is 0 Å². The first-order chi connectivity index (χ1) is 9.20. The van der Waals surface area contributed by atoms with E-state index in [0.717, 1.165) is 38.2 Å². The van der Waals surface area contributed by atoms with Crippen LogP contribution in [0.2, 0.25) is 0 Å². The Morgan fingerprint density at radius 3 is 3.00 bits per heavy atom. The number of rotatable bonds is 5. The predicted molar refractivity (Wildman–Crippen MR) is 74.3 cm³/mol. The molecule has 1 saturated heterocycles. The van der Waals surface area contributed by atoms with E-state index < -0.39 is 0 Å². The number of nitrogens with zero attached hydrogens (tertiary/aromatic N) is 1. The summed E-state index contributed by atoms with van der Waals surface area (Å²) in [5.74, 6) is 0.300. The average molecular weight is 266 g/mol. The highest BCUT2D eigenvalue weighted by Crippen LogP contribution is 2.21. The Hall–Kier alpha value is -0.970. The molecule has 0 amide bonds. The highest BCUT2D eigenvalue weighted by Gasteiger charge is 2.26. The zero-order valence-electron chi connectivity index (χ0n) is 11.5. The van der Waals surface area contributed by atoms with Crippen LogP contribution in [0.5, 0.6) is 0 Å². The first-order valence-electron chi connectivity index (χ1n) is 6.93. The Balaban J connectivity index is 1.97. The second-order valence-corrected chi connectivity index (χ2v) is 5.33. The molecule has 19 heavy (non-hydrogen) atoms. The zero-order chi connectivity index (χ0) is 13.7. The van der Waals surface area contributed by atoms with Crippen molar-refractivity contribution in [2.24, 2.45) is 11.7 Å². The van der Waals surface area contributed by atoms with Gasteiger partial charge in [-0.25, -0.2) is 4.39 Å². The molecular formula is C15H23FN2O. The molecule has 1 fully saturated rings. The van der Waals surface area contributed by atoms with E-state index in [9.17, 15) is 4.39 Å². The van der Waals surface area contributed by atoms with Crippen LogP contribution < -0.4 is 5.73 Å². The van der Waals surface area contributed by atoms with Crippen molar-refractivity contribution in [3.05, 3.63) is 35.6 Å². The molecule has 2 atom stereocenters. The van der Waals surface area contributed by atoms with Crippen molar-refractivity contribution < 1.29 is 9.13 Å². The Morgan fingerprint density at radius 2 is 2.37 bits per heavy atom. The fraction of sp³-hybridized carbons (Fsp3) is 0.600. The first-order valence-corrected chi connectivity index (χ1v) is 6.93. The Labute approximate surface area is 114 Å². The molecule has 0 bridgehead atoms. The highest BCUT2D eigenvalue weighted by molar-refractivity contribution is 5.16. The summed E-state index contributed by atoms with van der Waals surface area (Å²) in [5.41, 5.74) is 6.90. The van der Waals surface area contributed by atoms with Crippen LogP contribution in [-0.2, 0) is 11.3 Å². The Morgan fingerprint density at radius 1 is 1.53 bits per heavy atom. The van der Waals surface area contributed by atoms with Gasteiger partial charge in [0, 0.05) is 25.7 Å². The van der Waals surface area contributed by atoms with Crippen molar-refractivity contribution in [3.63, 3.8) is 0 Å². The highest BCUT2D eigenvalue weighted by atomic mass is 19.1. The van der Waals surface area contributed by atoms with E-state index in [4.69, 9.17) is 10.5 Å². The molecule has 106 valence electrons. The third kappa shape index (κ3) is 4.00. The maximum Gasteiger partial charge on any atom is 0.123 e. The minimum Gasteiger partial charge on any atom is -0.381 e. The maximum absolute atomic E-state index is 13.2. The zero-order valence-corrected chi connectivity index (χ0v) is 11.5. The van der Waals surface area contributed by atoms with E-state index in [1.807, 2.05) is 6.07 Å². The quantitative estimate of drug-likeness (QED) is 0.886. The van der Waals surface area contributed by atoms with Crippen LogP contribution in [0.15, 0.2) is 24.3 Å². The van der Waals surface area contributed by atoms with Gasteiger partial charge in [0.25, 0.3) is 0 Å². The molecule has 1 aliphatic rings. The number of benzene rings is 1. The molecule has 1 heterocycles. The second kappa shape index (κ2) is 6.98. The van der Waals surface area contributed by atoms with E-state index in [-0.39, 0.29) is 5.82 Å². The van der Waals surface area contributed by atoms with E-state index in [2.05, 4.69) is 11.9 Å². The van der Waals surface area contributed by atoms with Crippen LogP contribution in [0.1, 0.15) is 18.4 Å². The fourth-order valence-electron chi connectivity index (χ4n) is 2.84. The normalized spacial score (nSPS) is 21.6. The summed E-state index contributed by atoms with van der Waals surface area (Å²) in [7, 11) is 2.05. The lowest BCUT2D eigenvalue weighted by Crippen LogP contribution is -2.45. The van der Waals surface area contributed by atoms with Gasteiger partial charge in [-0.1, -0.05) is 12.1 Å². The van der Waals surface area contributed by atoms with Crippen molar-refractivity contribution in [3.8, 4) is 0 Å². The lowest BCUT2D eigenvalue weighted by molar-refractivity contribution is 0.0156. The molecule has 0 aromatic heterocycles. The van der Waals surface area contributed by atoms with E-state index >= 15 is 0 Å². The summed E-state index contributed by atoms with van der Waals surface area (Å²) in [4.78, 5) is 2.22. The van der Waals surface area contributed by atoms with Gasteiger partial charge < -0.3 is 10.5 Å². The summed E-state index contributed by atoms with van der Waals surface area (Å²) < 4.78 is 18.7. The Kier molecular flexibility index (Phi) is 5.31. The van der Waals surface area contributed by atoms with Gasteiger partial charge in [0.1, 0.15) is 5.82 Å². The number of hydrogen-bond donors (Lipinski definition) is 1. The van der Waals surface area contributed by atoms with Gasteiger partial charge >= 0.3 is 0 Å². The van der Waals surface area contributed by atoms with E-state index in [1.165, 1.54) is 6.07 Å². The van der Waals surface area contributed by atoms with E-state index in [0.29, 0.717) is 18.5 Å². The van der Waals surface area contributed by atoms with Gasteiger partial charge in [0.05, 0.1) is 6.61 Å². The van der Waals surface area contributed by atoms with Crippen molar-refractivity contribution in [2.45, 2.75) is 25.4 Å². The third-order valence-electron chi connectivity index (χ3n) is 3.87.